The van der Waals surface area contributed by atoms with Crippen LogP contribution < -0.4 is 5.32 Å². The fraction of sp³-hybridized carbons (Fsp3) is 0.667. The summed E-state index contributed by atoms with van der Waals surface area (Å²) in [4.78, 5) is 0. The van der Waals surface area contributed by atoms with E-state index < -0.39 is 6.10 Å². The van der Waals surface area contributed by atoms with Crippen LogP contribution in [0.3, 0.4) is 0 Å². The molecule has 1 aromatic rings. The van der Waals surface area contributed by atoms with Crippen molar-refractivity contribution >= 4 is 28.3 Å². The standard InChI is InChI=1S/C9H15BrN2O2.ClH/c1-9(2,3)11-5-6(13)7-4-8(10)12-14-7;/h4,6,11,13H,5H2,1-3H3;1H/t6-;/m1./s1. The van der Waals surface area contributed by atoms with Gasteiger partial charge >= 0.3 is 0 Å². The number of nitrogens with one attached hydrogen (secondary N) is 1. The minimum absolute atomic E-state index is 0. The molecule has 0 aliphatic rings. The van der Waals surface area contributed by atoms with E-state index in [1.807, 2.05) is 20.8 Å². The zero-order valence-electron chi connectivity index (χ0n) is 8.95. The van der Waals surface area contributed by atoms with E-state index in [1.54, 1.807) is 6.07 Å². The van der Waals surface area contributed by atoms with E-state index in [0.717, 1.165) is 0 Å². The Bertz CT molecular complexity index is 299. The molecule has 2 N–H and O–H groups in total. The Kier molecular flexibility index (Phi) is 5.80. The maximum absolute atomic E-state index is 9.68. The number of hydrogen-bond acceptors (Lipinski definition) is 4. The maximum Gasteiger partial charge on any atom is 0.167 e. The molecular weight excluding hydrogens is 283 g/mol. The summed E-state index contributed by atoms with van der Waals surface area (Å²) >= 11 is 3.15. The molecule has 1 atom stereocenters. The molecule has 0 aliphatic heterocycles. The van der Waals surface area contributed by atoms with Crippen molar-refractivity contribution in [1.82, 2.24) is 10.5 Å². The van der Waals surface area contributed by atoms with Gasteiger partial charge in [-0.05, 0) is 36.7 Å². The topological polar surface area (TPSA) is 58.3 Å². The molecule has 0 fully saturated rings. The quantitative estimate of drug-likeness (QED) is 0.899. The first-order valence-corrected chi connectivity index (χ1v) is 5.23. The average Bonchev–Trinajstić information content (AvgIpc) is 2.46. The molecule has 88 valence electrons. The highest BCUT2D eigenvalue weighted by atomic mass is 79.9. The van der Waals surface area contributed by atoms with Crippen LogP contribution in [0.2, 0.25) is 0 Å². The third kappa shape index (κ3) is 5.51. The molecule has 0 amide bonds. The molecule has 4 nitrogen and oxygen atoms in total. The second-order valence-electron chi connectivity index (χ2n) is 4.20. The van der Waals surface area contributed by atoms with Crippen molar-refractivity contribution in [1.29, 1.82) is 0 Å². The summed E-state index contributed by atoms with van der Waals surface area (Å²) in [6.45, 7) is 6.56. The van der Waals surface area contributed by atoms with Crippen LogP contribution in [0.4, 0.5) is 0 Å². The zero-order valence-corrected chi connectivity index (χ0v) is 11.4. The summed E-state index contributed by atoms with van der Waals surface area (Å²) in [6.07, 6.45) is -0.659. The van der Waals surface area contributed by atoms with Crippen molar-refractivity contribution < 1.29 is 9.63 Å². The van der Waals surface area contributed by atoms with Crippen LogP contribution in [0.5, 0.6) is 0 Å². The van der Waals surface area contributed by atoms with Crippen LogP contribution in [-0.2, 0) is 0 Å². The molecule has 1 heterocycles. The van der Waals surface area contributed by atoms with Crippen LogP contribution in [-0.4, -0.2) is 22.3 Å². The van der Waals surface area contributed by atoms with Gasteiger partial charge in [0.05, 0.1) is 0 Å². The van der Waals surface area contributed by atoms with Crippen molar-refractivity contribution in [3.8, 4) is 0 Å². The number of nitrogens with zero attached hydrogens (tertiary/aromatic N) is 1. The van der Waals surface area contributed by atoms with Crippen LogP contribution in [0.1, 0.15) is 32.6 Å². The third-order valence-corrected chi connectivity index (χ3v) is 2.03. The first-order valence-electron chi connectivity index (χ1n) is 4.44. The van der Waals surface area contributed by atoms with Gasteiger partial charge in [0, 0.05) is 18.2 Å². The molecule has 0 aromatic carbocycles. The number of aliphatic hydroxyl groups is 1. The van der Waals surface area contributed by atoms with E-state index in [9.17, 15) is 5.11 Å². The van der Waals surface area contributed by atoms with Crippen LogP contribution in [0.25, 0.3) is 0 Å². The zero-order chi connectivity index (χ0) is 10.8. The summed E-state index contributed by atoms with van der Waals surface area (Å²) in [5.74, 6) is 0.466. The number of halogens is 2. The predicted octanol–water partition coefficient (Wildman–Crippen LogP) is 2.28. The molecule has 0 bridgehead atoms. The van der Waals surface area contributed by atoms with E-state index in [4.69, 9.17) is 4.52 Å². The highest BCUT2D eigenvalue weighted by molar-refractivity contribution is 9.10. The molecule has 0 radical (unpaired) electrons. The number of β-amino-alcohol motifs (C(OH)–C–C–N with tert-alkyl or cyclic N) is 1. The first kappa shape index (κ1) is 14.9. The van der Waals surface area contributed by atoms with Gasteiger partial charge in [-0.25, -0.2) is 0 Å². The Morgan fingerprint density at radius 2 is 2.20 bits per heavy atom. The second kappa shape index (κ2) is 5.84. The Labute approximate surface area is 104 Å². The van der Waals surface area contributed by atoms with Crippen LogP contribution >= 0.6 is 28.3 Å². The van der Waals surface area contributed by atoms with Gasteiger partial charge < -0.3 is 14.9 Å². The number of hydrogen-bond donors (Lipinski definition) is 2. The molecule has 1 aromatic heterocycles. The highest BCUT2D eigenvalue weighted by Gasteiger charge is 2.16. The molecular formula is C9H16BrClN2O2. The van der Waals surface area contributed by atoms with Gasteiger partial charge in [-0.1, -0.05) is 5.16 Å². The molecule has 0 saturated heterocycles. The van der Waals surface area contributed by atoms with Crippen molar-refractivity contribution in [3.63, 3.8) is 0 Å². The predicted molar refractivity (Wildman–Crippen MR) is 64.2 cm³/mol. The molecule has 15 heavy (non-hydrogen) atoms. The van der Waals surface area contributed by atoms with Crippen molar-refractivity contribution in [2.75, 3.05) is 6.54 Å². The van der Waals surface area contributed by atoms with E-state index >= 15 is 0 Å². The minimum atomic E-state index is -0.659. The van der Waals surface area contributed by atoms with E-state index in [-0.39, 0.29) is 17.9 Å². The lowest BCUT2D eigenvalue weighted by molar-refractivity contribution is 0.129. The lowest BCUT2D eigenvalue weighted by Gasteiger charge is -2.21. The van der Waals surface area contributed by atoms with Gasteiger partial charge in [-0.2, -0.15) is 0 Å². The SMILES string of the molecule is CC(C)(C)NC[C@@H](O)c1cc(Br)no1.Cl. The van der Waals surface area contributed by atoms with E-state index in [1.165, 1.54) is 0 Å². The van der Waals surface area contributed by atoms with Crippen LogP contribution in [0, 0.1) is 0 Å². The Morgan fingerprint density at radius 3 is 2.60 bits per heavy atom. The first-order chi connectivity index (χ1) is 6.38. The lowest BCUT2D eigenvalue weighted by Crippen LogP contribution is -2.38. The van der Waals surface area contributed by atoms with Crippen molar-refractivity contribution in [3.05, 3.63) is 16.4 Å². The summed E-state index contributed by atoms with van der Waals surface area (Å²) in [5.41, 5.74) is -0.0156. The van der Waals surface area contributed by atoms with Crippen molar-refractivity contribution in [2.45, 2.75) is 32.4 Å². The summed E-state index contributed by atoms with van der Waals surface area (Å²) < 4.78 is 5.50. The Balaban J connectivity index is 0.00000196. The van der Waals surface area contributed by atoms with Gasteiger partial charge in [0.1, 0.15) is 10.7 Å². The molecule has 0 aliphatic carbocycles. The second-order valence-corrected chi connectivity index (χ2v) is 5.01. The number of aromatic nitrogens is 1. The van der Waals surface area contributed by atoms with Gasteiger partial charge in [0.25, 0.3) is 0 Å². The van der Waals surface area contributed by atoms with E-state index in [2.05, 4.69) is 26.4 Å². The summed E-state index contributed by atoms with van der Waals surface area (Å²) in [7, 11) is 0. The van der Waals surface area contributed by atoms with Gasteiger partial charge in [-0.15, -0.1) is 12.4 Å². The molecule has 1 rings (SSSR count). The number of aliphatic hydroxyl groups excluding tert-OH is 1. The largest absolute Gasteiger partial charge is 0.384 e. The minimum Gasteiger partial charge on any atom is -0.384 e. The number of rotatable bonds is 3. The molecule has 0 saturated carbocycles. The van der Waals surface area contributed by atoms with Gasteiger partial charge in [-0.3, -0.25) is 0 Å². The average molecular weight is 300 g/mol. The fourth-order valence-electron chi connectivity index (χ4n) is 0.927. The highest BCUT2D eigenvalue weighted by Crippen LogP contribution is 2.17. The van der Waals surface area contributed by atoms with Crippen LogP contribution in [0.15, 0.2) is 15.2 Å². The summed E-state index contributed by atoms with van der Waals surface area (Å²) in [6, 6.07) is 1.66. The van der Waals surface area contributed by atoms with E-state index in [0.29, 0.717) is 16.9 Å². The molecule has 0 unspecified atom stereocenters. The molecule has 6 heteroatoms. The summed E-state index contributed by atoms with van der Waals surface area (Å²) in [5, 5.41) is 16.5. The van der Waals surface area contributed by atoms with Crippen molar-refractivity contribution in [2.24, 2.45) is 0 Å². The lowest BCUT2D eigenvalue weighted by atomic mass is 10.1. The van der Waals surface area contributed by atoms with Gasteiger partial charge in [0.2, 0.25) is 0 Å². The third-order valence-electron chi connectivity index (χ3n) is 1.65. The maximum atomic E-state index is 9.68. The fourth-order valence-corrected chi connectivity index (χ4v) is 1.22. The Morgan fingerprint density at radius 1 is 1.60 bits per heavy atom. The molecule has 0 spiro atoms. The monoisotopic (exact) mass is 298 g/mol. The smallest absolute Gasteiger partial charge is 0.167 e. The van der Waals surface area contributed by atoms with Gasteiger partial charge in [0.15, 0.2) is 5.76 Å². The Hall–Kier alpha value is -0.100. The normalized spacial score (nSPS) is 13.4.